The monoisotopic (exact) mass is 652 g/mol. The minimum atomic E-state index is -0.384. The maximum absolute atomic E-state index is 12.4. The van der Waals surface area contributed by atoms with E-state index in [9.17, 15) is 14.4 Å². The minimum absolute atomic E-state index is 0.0846. The molecule has 46 heavy (non-hydrogen) atoms. The molecule has 0 unspecified atom stereocenters. The Morgan fingerprint density at radius 1 is 0.739 bits per heavy atom. The van der Waals surface area contributed by atoms with Crippen molar-refractivity contribution in [2.24, 2.45) is 5.73 Å². The van der Waals surface area contributed by atoms with Crippen molar-refractivity contribution in [3.05, 3.63) is 36.0 Å². The number of carbonyl (C=O) groups is 3. The smallest absolute Gasteiger partial charge is 0.239 e. The van der Waals surface area contributed by atoms with Crippen LogP contribution in [0.25, 0.3) is 10.9 Å². The van der Waals surface area contributed by atoms with Crippen molar-refractivity contribution < 1.29 is 42.8 Å². The molecule has 0 saturated carbocycles. The van der Waals surface area contributed by atoms with E-state index in [0.717, 1.165) is 16.6 Å². The third-order valence-electron chi connectivity index (χ3n) is 6.61. The molecule has 0 aliphatic carbocycles. The number of para-hydroxylation sites is 1. The molecule has 0 atom stereocenters. The summed E-state index contributed by atoms with van der Waals surface area (Å²) in [6, 6.07) is 10.2. The Labute approximate surface area is 271 Å². The number of hydrogen-bond acceptors (Lipinski definition) is 11. The number of hydrazine groups is 1. The molecule has 5 N–H and O–H groups in total. The molecule has 3 amide bonds. The summed E-state index contributed by atoms with van der Waals surface area (Å²) in [7, 11) is 3.83. The van der Waals surface area contributed by atoms with Crippen molar-refractivity contribution >= 4 is 28.6 Å². The van der Waals surface area contributed by atoms with Crippen LogP contribution in [0, 0.1) is 0 Å². The van der Waals surface area contributed by atoms with Gasteiger partial charge in [0.15, 0.2) is 0 Å². The lowest BCUT2D eigenvalue weighted by atomic mass is 10.2. The highest BCUT2D eigenvalue weighted by atomic mass is 16.6. The summed E-state index contributed by atoms with van der Waals surface area (Å²) >= 11 is 0. The van der Waals surface area contributed by atoms with E-state index in [1.807, 2.05) is 37.3 Å². The number of amides is 3. The van der Waals surface area contributed by atoms with Crippen LogP contribution in [0.4, 0.5) is 0 Å². The van der Waals surface area contributed by atoms with E-state index in [0.29, 0.717) is 98.9 Å². The van der Waals surface area contributed by atoms with Gasteiger partial charge >= 0.3 is 0 Å². The van der Waals surface area contributed by atoms with Crippen molar-refractivity contribution in [2.45, 2.75) is 25.9 Å². The van der Waals surface area contributed by atoms with Gasteiger partial charge in [-0.25, -0.2) is 5.01 Å². The lowest BCUT2D eigenvalue weighted by molar-refractivity contribution is -0.126. The van der Waals surface area contributed by atoms with Crippen LogP contribution in [0.5, 0.6) is 0 Å². The lowest BCUT2D eigenvalue weighted by Crippen LogP contribution is -2.38. The number of nitrogens with one attached hydrogen (secondary N) is 3. The Kier molecular flexibility index (Phi) is 21.2. The maximum Gasteiger partial charge on any atom is 0.239 e. The molecule has 1 aromatic carbocycles. The molecule has 15 heteroatoms. The van der Waals surface area contributed by atoms with Crippen LogP contribution in [0.3, 0.4) is 0 Å². The quantitative estimate of drug-likeness (QED) is 0.0677. The number of ether oxygens (including phenoxy) is 6. The van der Waals surface area contributed by atoms with Crippen LogP contribution in [-0.2, 0) is 55.9 Å². The lowest BCUT2D eigenvalue weighted by Gasteiger charge is -2.17. The molecule has 0 spiro atoms. The summed E-state index contributed by atoms with van der Waals surface area (Å²) in [4.78, 5) is 35.1. The van der Waals surface area contributed by atoms with Crippen LogP contribution < -0.4 is 21.8 Å². The topological polar surface area (TPSA) is 177 Å². The molecule has 2 aromatic rings. The van der Waals surface area contributed by atoms with E-state index in [2.05, 4.69) is 32.8 Å². The molecule has 1 aromatic heterocycles. The van der Waals surface area contributed by atoms with Crippen molar-refractivity contribution in [3.63, 3.8) is 0 Å². The van der Waals surface area contributed by atoms with Crippen molar-refractivity contribution in [1.29, 1.82) is 0 Å². The van der Waals surface area contributed by atoms with E-state index in [-0.39, 0.29) is 37.1 Å². The summed E-state index contributed by atoms with van der Waals surface area (Å²) < 4.78 is 34.4. The second-order valence-electron chi connectivity index (χ2n) is 10.2. The summed E-state index contributed by atoms with van der Waals surface area (Å²) in [6.07, 6.45) is 0.472. The van der Waals surface area contributed by atoms with Crippen LogP contribution >= 0.6 is 0 Å². The highest BCUT2D eigenvalue weighted by Gasteiger charge is 2.12. The predicted molar refractivity (Wildman–Crippen MR) is 172 cm³/mol. The summed E-state index contributed by atoms with van der Waals surface area (Å²) in [5, 5.41) is 8.52. The number of hydrogen-bond donors (Lipinski definition) is 4. The van der Waals surface area contributed by atoms with Crippen LogP contribution in [0.15, 0.2) is 30.3 Å². The third kappa shape index (κ3) is 18.1. The number of rotatable bonds is 29. The largest absolute Gasteiger partial charge is 0.379 e. The zero-order valence-corrected chi connectivity index (χ0v) is 27.3. The summed E-state index contributed by atoms with van der Waals surface area (Å²) in [5.74, 6) is -0.840. The van der Waals surface area contributed by atoms with E-state index in [4.69, 9.17) is 34.2 Å². The fourth-order valence-corrected chi connectivity index (χ4v) is 4.16. The van der Waals surface area contributed by atoms with Crippen LogP contribution in [0.1, 0.15) is 18.5 Å². The Bertz CT molecular complexity index is 1130. The third-order valence-corrected chi connectivity index (χ3v) is 6.61. The first kappa shape index (κ1) is 39.0. The standard InChI is InChI=1S/C31H52N6O9/c1-33-36(2)25-27-23-26-5-3-4-6-28(26)37(27)10-7-30(39)35-24-31(40)34-9-12-42-14-16-44-18-20-46-22-21-45-19-17-43-15-13-41-11-8-29(32)38/h3-6,23,33H,7-22,24-25H2,1-2H3,(H2,32,38)(H,34,40)(H,35,39). The number of aryl methyl sites for hydroxylation is 1. The van der Waals surface area contributed by atoms with Crippen molar-refractivity contribution in [2.75, 3.05) is 106 Å². The van der Waals surface area contributed by atoms with Crippen molar-refractivity contribution in [3.8, 4) is 0 Å². The molecule has 0 aliphatic heterocycles. The number of nitrogens with zero attached hydrogens (tertiary/aromatic N) is 2. The minimum Gasteiger partial charge on any atom is -0.379 e. The molecular formula is C31H52N6O9. The molecule has 0 aliphatic rings. The van der Waals surface area contributed by atoms with Gasteiger partial charge in [0.05, 0.1) is 92.4 Å². The van der Waals surface area contributed by atoms with E-state index in [1.54, 1.807) is 0 Å². The summed E-state index contributed by atoms with van der Waals surface area (Å²) in [6.45, 7) is 6.45. The maximum atomic E-state index is 12.4. The van der Waals surface area contributed by atoms with Gasteiger partial charge in [-0.2, -0.15) is 0 Å². The molecule has 260 valence electrons. The Hall–Kier alpha value is -3.15. The van der Waals surface area contributed by atoms with E-state index < -0.39 is 0 Å². The van der Waals surface area contributed by atoms with Gasteiger partial charge in [-0.05, 0) is 24.6 Å². The number of benzene rings is 1. The zero-order valence-electron chi connectivity index (χ0n) is 27.3. The molecular weight excluding hydrogens is 600 g/mol. The summed E-state index contributed by atoms with van der Waals surface area (Å²) in [5.41, 5.74) is 10.3. The molecule has 1 heterocycles. The SMILES string of the molecule is CNN(C)Cc1cc2ccccc2n1CCC(=O)NCC(=O)NCCOCCOCCOCCOCCOCCOCCC(N)=O. The van der Waals surface area contributed by atoms with Gasteiger partial charge in [-0.3, -0.25) is 19.8 Å². The van der Waals surface area contributed by atoms with Crippen molar-refractivity contribution in [1.82, 2.24) is 25.6 Å². The van der Waals surface area contributed by atoms with Gasteiger partial charge in [0.2, 0.25) is 17.7 Å². The number of primary amides is 1. The normalized spacial score (nSPS) is 11.4. The van der Waals surface area contributed by atoms with Crippen LogP contribution in [-0.4, -0.2) is 134 Å². The van der Waals surface area contributed by atoms with Crippen LogP contribution in [0.2, 0.25) is 0 Å². The predicted octanol–water partition coefficient (Wildman–Crippen LogP) is -0.195. The molecule has 2 rings (SSSR count). The first-order chi connectivity index (χ1) is 22.4. The Morgan fingerprint density at radius 2 is 1.28 bits per heavy atom. The number of aromatic nitrogens is 1. The Balaban J connectivity index is 1.38. The van der Waals surface area contributed by atoms with Gasteiger partial charge in [0, 0.05) is 44.2 Å². The number of fused-ring (bicyclic) bond motifs is 1. The number of nitrogens with two attached hydrogens (primary N) is 1. The second kappa shape index (κ2) is 25.0. The van der Waals surface area contributed by atoms with Gasteiger partial charge in [-0.1, -0.05) is 18.2 Å². The second-order valence-corrected chi connectivity index (χ2v) is 10.2. The molecule has 0 bridgehead atoms. The zero-order chi connectivity index (χ0) is 33.2. The van der Waals surface area contributed by atoms with E-state index in [1.165, 1.54) is 0 Å². The average molecular weight is 653 g/mol. The van der Waals surface area contributed by atoms with Gasteiger partial charge in [-0.15, -0.1) is 0 Å². The fraction of sp³-hybridized carbons (Fsp3) is 0.645. The molecule has 0 radical (unpaired) electrons. The Morgan fingerprint density at radius 3 is 1.85 bits per heavy atom. The first-order valence-electron chi connectivity index (χ1n) is 15.6. The first-order valence-corrected chi connectivity index (χ1v) is 15.6. The number of carbonyl (C=O) groups excluding carboxylic acids is 3. The molecule has 15 nitrogen and oxygen atoms in total. The molecule has 0 saturated heterocycles. The average Bonchev–Trinajstić information content (AvgIpc) is 3.39. The van der Waals surface area contributed by atoms with Gasteiger partial charge in [0.25, 0.3) is 0 Å². The van der Waals surface area contributed by atoms with E-state index >= 15 is 0 Å². The van der Waals surface area contributed by atoms with Gasteiger partial charge < -0.3 is 49.4 Å². The highest BCUT2D eigenvalue weighted by molar-refractivity contribution is 5.85. The van der Waals surface area contributed by atoms with Gasteiger partial charge in [0.1, 0.15) is 0 Å². The fourth-order valence-electron chi connectivity index (χ4n) is 4.16. The highest BCUT2D eigenvalue weighted by Crippen LogP contribution is 2.21. The molecule has 0 fully saturated rings.